The maximum atomic E-state index is 12.0. The highest BCUT2D eigenvalue weighted by atomic mass is 16.2. The predicted molar refractivity (Wildman–Crippen MR) is 87.8 cm³/mol. The first-order valence-electron chi connectivity index (χ1n) is 7.08. The second-order valence-electron chi connectivity index (χ2n) is 5.16. The first-order chi connectivity index (χ1) is 11.0. The normalized spacial score (nSPS) is 10.7. The molecule has 0 aromatic carbocycles. The minimum atomic E-state index is -0.337. The van der Waals surface area contributed by atoms with E-state index in [9.17, 15) is 4.79 Å². The van der Waals surface area contributed by atoms with Crippen LogP contribution in [0.2, 0.25) is 0 Å². The number of anilines is 2. The highest BCUT2D eigenvalue weighted by Gasteiger charge is 2.09. The summed E-state index contributed by atoms with van der Waals surface area (Å²) in [4.78, 5) is 20.3. The molecule has 0 bridgehead atoms. The van der Waals surface area contributed by atoms with Gasteiger partial charge in [0.25, 0.3) is 0 Å². The fourth-order valence-electron chi connectivity index (χ4n) is 2.33. The molecule has 0 spiro atoms. The molecule has 0 aliphatic carbocycles. The molecule has 118 valence electrons. The van der Waals surface area contributed by atoms with Crippen LogP contribution >= 0.6 is 0 Å². The van der Waals surface area contributed by atoms with Crippen LogP contribution in [-0.2, 0) is 13.6 Å². The van der Waals surface area contributed by atoms with Crippen LogP contribution < -0.4 is 16.4 Å². The highest BCUT2D eigenvalue weighted by molar-refractivity contribution is 5.92. The molecule has 3 rings (SSSR count). The molecule has 3 heterocycles. The second kappa shape index (κ2) is 5.91. The Morgan fingerprint density at radius 3 is 3.00 bits per heavy atom. The largest absolute Gasteiger partial charge is 0.383 e. The number of nitrogens with one attached hydrogen (secondary N) is 2. The van der Waals surface area contributed by atoms with Gasteiger partial charge in [-0.15, -0.1) is 0 Å². The quantitative estimate of drug-likeness (QED) is 0.680. The fraction of sp³-hybridized carbons (Fsp3) is 0.200. The van der Waals surface area contributed by atoms with Gasteiger partial charge in [0.1, 0.15) is 5.82 Å². The zero-order chi connectivity index (χ0) is 16.4. The van der Waals surface area contributed by atoms with Crippen LogP contribution in [0.3, 0.4) is 0 Å². The summed E-state index contributed by atoms with van der Waals surface area (Å²) in [5.41, 5.74) is 8.74. The number of fused-ring (bicyclic) bond motifs is 1. The Hall–Kier alpha value is -3.16. The number of amides is 2. The maximum absolute atomic E-state index is 12.0. The third kappa shape index (κ3) is 3.05. The molecule has 2 amide bonds. The van der Waals surface area contributed by atoms with Crippen molar-refractivity contribution in [3.63, 3.8) is 0 Å². The van der Waals surface area contributed by atoms with E-state index in [0.717, 1.165) is 22.3 Å². The van der Waals surface area contributed by atoms with E-state index in [0.29, 0.717) is 18.1 Å². The van der Waals surface area contributed by atoms with Gasteiger partial charge < -0.3 is 16.4 Å². The van der Waals surface area contributed by atoms with E-state index in [1.165, 1.54) is 0 Å². The summed E-state index contributed by atoms with van der Waals surface area (Å²) < 4.78 is 1.71. The number of nitrogen functional groups attached to an aromatic ring is 1. The van der Waals surface area contributed by atoms with Gasteiger partial charge in [-0.2, -0.15) is 5.10 Å². The lowest BCUT2D eigenvalue weighted by Gasteiger charge is -2.08. The number of rotatable bonds is 3. The predicted octanol–water partition coefficient (Wildman–Crippen LogP) is 1.58. The lowest BCUT2D eigenvalue weighted by atomic mass is 10.2. The van der Waals surface area contributed by atoms with E-state index in [4.69, 9.17) is 5.73 Å². The molecule has 4 N–H and O–H groups in total. The number of carbonyl (C=O) groups is 1. The summed E-state index contributed by atoms with van der Waals surface area (Å²) in [6.07, 6.45) is 3.21. The zero-order valence-corrected chi connectivity index (χ0v) is 12.9. The van der Waals surface area contributed by atoms with Crippen LogP contribution in [0.5, 0.6) is 0 Å². The molecule has 0 fully saturated rings. The third-order valence-electron chi connectivity index (χ3n) is 3.49. The van der Waals surface area contributed by atoms with Crippen LogP contribution in [0.15, 0.2) is 30.6 Å². The molecule has 0 atom stereocenters. The van der Waals surface area contributed by atoms with Crippen LogP contribution in [0.25, 0.3) is 11.0 Å². The number of aromatic nitrogens is 4. The Morgan fingerprint density at radius 1 is 1.39 bits per heavy atom. The van der Waals surface area contributed by atoms with Crippen molar-refractivity contribution >= 4 is 28.6 Å². The Bertz CT molecular complexity index is 871. The van der Waals surface area contributed by atoms with E-state index in [1.54, 1.807) is 23.1 Å². The van der Waals surface area contributed by atoms with Crippen molar-refractivity contribution in [3.8, 4) is 0 Å². The van der Waals surface area contributed by atoms with Gasteiger partial charge in [-0.05, 0) is 19.1 Å². The van der Waals surface area contributed by atoms with Gasteiger partial charge in [-0.1, -0.05) is 6.07 Å². The molecule has 0 unspecified atom stereocenters. The fourth-order valence-corrected chi connectivity index (χ4v) is 2.33. The molecule has 8 heteroatoms. The molecular formula is C15H17N7O. The van der Waals surface area contributed by atoms with E-state index in [2.05, 4.69) is 25.7 Å². The summed E-state index contributed by atoms with van der Waals surface area (Å²) in [5.74, 6) is 0.405. The van der Waals surface area contributed by atoms with Crippen LogP contribution in [0, 0.1) is 6.92 Å². The molecule has 0 aliphatic heterocycles. The van der Waals surface area contributed by atoms with E-state index < -0.39 is 0 Å². The lowest BCUT2D eigenvalue weighted by molar-refractivity contribution is 0.252. The molecule has 3 aromatic rings. The zero-order valence-electron chi connectivity index (χ0n) is 12.9. The summed E-state index contributed by atoms with van der Waals surface area (Å²) in [5, 5.41) is 10.7. The van der Waals surface area contributed by atoms with Crippen molar-refractivity contribution in [1.29, 1.82) is 0 Å². The molecule has 0 aliphatic rings. The number of hydrogen-bond donors (Lipinski definition) is 3. The monoisotopic (exact) mass is 311 g/mol. The first kappa shape index (κ1) is 14.8. The van der Waals surface area contributed by atoms with Gasteiger partial charge in [-0.3, -0.25) is 4.68 Å². The number of pyridine rings is 2. The number of carbonyl (C=O) groups excluding carboxylic acids is 1. The molecule has 0 saturated heterocycles. The van der Waals surface area contributed by atoms with Crippen molar-refractivity contribution in [2.45, 2.75) is 13.5 Å². The highest BCUT2D eigenvalue weighted by Crippen LogP contribution is 2.19. The SMILES string of the molecule is Cc1nn(C)c2ncc(NC(=O)NCc3cccnc3N)cc12. The van der Waals surface area contributed by atoms with Crippen molar-refractivity contribution in [2.24, 2.45) is 7.05 Å². The Morgan fingerprint density at radius 2 is 2.22 bits per heavy atom. The summed E-state index contributed by atoms with van der Waals surface area (Å²) in [7, 11) is 1.83. The number of nitrogens with zero attached hydrogens (tertiary/aromatic N) is 4. The average molecular weight is 311 g/mol. The molecular weight excluding hydrogens is 294 g/mol. The molecule has 3 aromatic heterocycles. The Labute approximate surface area is 132 Å². The standard InChI is InChI=1S/C15H17N7O/c1-9-12-6-11(8-18-14(12)22(2)21-9)20-15(23)19-7-10-4-3-5-17-13(10)16/h3-6,8H,7H2,1-2H3,(H2,16,17)(H2,19,20,23). The number of hydrogen-bond acceptors (Lipinski definition) is 5. The number of urea groups is 1. The van der Waals surface area contributed by atoms with Gasteiger partial charge in [0.05, 0.1) is 17.6 Å². The summed E-state index contributed by atoms with van der Waals surface area (Å²) >= 11 is 0. The van der Waals surface area contributed by atoms with Crippen molar-refractivity contribution in [1.82, 2.24) is 25.1 Å². The minimum Gasteiger partial charge on any atom is -0.383 e. The van der Waals surface area contributed by atoms with Gasteiger partial charge >= 0.3 is 6.03 Å². The maximum Gasteiger partial charge on any atom is 0.319 e. The molecule has 23 heavy (non-hydrogen) atoms. The average Bonchev–Trinajstić information content (AvgIpc) is 2.81. The lowest BCUT2D eigenvalue weighted by Crippen LogP contribution is -2.28. The van der Waals surface area contributed by atoms with Gasteiger partial charge in [0.2, 0.25) is 0 Å². The second-order valence-corrected chi connectivity index (χ2v) is 5.16. The molecule has 0 saturated carbocycles. The van der Waals surface area contributed by atoms with E-state index >= 15 is 0 Å². The summed E-state index contributed by atoms with van der Waals surface area (Å²) in [6, 6.07) is 5.10. The van der Waals surface area contributed by atoms with E-state index in [1.807, 2.05) is 26.1 Å². The van der Waals surface area contributed by atoms with Crippen molar-refractivity contribution in [3.05, 3.63) is 41.9 Å². The Balaban J connectivity index is 1.68. The summed E-state index contributed by atoms with van der Waals surface area (Å²) in [6.45, 7) is 2.20. The van der Waals surface area contributed by atoms with Crippen molar-refractivity contribution in [2.75, 3.05) is 11.1 Å². The topological polar surface area (TPSA) is 111 Å². The molecule has 0 radical (unpaired) electrons. The van der Waals surface area contributed by atoms with Crippen LogP contribution in [0.4, 0.5) is 16.3 Å². The van der Waals surface area contributed by atoms with E-state index in [-0.39, 0.29) is 6.03 Å². The Kier molecular flexibility index (Phi) is 3.80. The number of nitrogens with two attached hydrogens (primary N) is 1. The smallest absolute Gasteiger partial charge is 0.319 e. The van der Waals surface area contributed by atoms with Crippen LogP contribution in [-0.4, -0.2) is 25.8 Å². The number of aryl methyl sites for hydroxylation is 2. The molecule has 8 nitrogen and oxygen atoms in total. The van der Waals surface area contributed by atoms with Gasteiger partial charge in [-0.25, -0.2) is 14.8 Å². The van der Waals surface area contributed by atoms with Crippen LogP contribution in [0.1, 0.15) is 11.3 Å². The van der Waals surface area contributed by atoms with Gasteiger partial charge in [0, 0.05) is 30.7 Å². The third-order valence-corrected chi connectivity index (χ3v) is 3.49. The minimum absolute atomic E-state index is 0.299. The first-order valence-corrected chi connectivity index (χ1v) is 7.08. The van der Waals surface area contributed by atoms with Crippen molar-refractivity contribution < 1.29 is 4.79 Å². The van der Waals surface area contributed by atoms with Gasteiger partial charge in [0.15, 0.2) is 5.65 Å².